The highest BCUT2D eigenvalue weighted by Crippen LogP contribution is 2.19. The first-order chi connectivity index (χ1) is 7.56. The zero-order valence-corrected chi connectivity index (χ0v) is 11.4. The molecule has 0 amide bonds. The fourth-order valence-corrected chi connectivity index (χ4v) is 2.41. The summed E-state index contributed by atoms with van der Waals surface area (Å²) < 4.78 is 0. The fraction of sp³-hybridized carbons (Fsp3) is 0.500. The molecule has 0 N–H and O–H groups in total. The lowest BCUT2D eigenvalue weighted by molar-refractivity contribution is 0.0978. The van der Waals surface area contributed by atoms with Crippen LogP contribution in [0.4, 0.5) is 0 Å². The Labute approximate surface area is 101 Å². The van der Waals surface area contributed by atoms with Crippen LogP contribution < -0.4 is 0 Å². The fourth-order valence-electron chi connectivity index (χ4n) is 2.16. The van der Waals surface area contributed by atoms with Gasteiger partial charge in [-0.05, 0) is 38.3 Å². The van der Waals surface area contributed by atoms with Gasteiger partial charge in [0, 0.05) is 12.0 Å². The van der Waals surface area contributed by atoms with Gasteiger partial charge in [-0.1, -0.05) is 24.1 Å². The van der Waals surface area contributed by atoms with Crippen LogP contribution in [0, 0.1) is 20.8 Å². The van der Waals surface area contributed by atoms with Gasteiger partial charge < -0.3 is 9.24 Å². The third-order valence-corrected chi connectivity index (χ3v) is 3.14. The van der Waals surface area contributed by atoms with Crippen LogP contribution in [0.25, 0.3) is 0 Å². The number of unbranched alkanes of at least 4 members (excludes halogenated alkanes) is 1. The number of carbonyl (C=O) groups is 1. The van der Waals surface area contributed by atoms with Crippen LogP contribution in [0.1, 0.15) is 46.3 Å². The summed E-state index contributed by atoms with van der Waals surface area (Å²) in [4.78, 5) is 12.1. The maximum atomic E-state index is 12.1. The van der Waals surface area contributed by atoms with Gasteiger partial charge in [-0.15, -0.1) is 0 Å². The molecule has 1 rings (SSSR count). The lowest BCUT2D eigenvalue weighted by Crippen LogP contribution is -2.05. The van der Waals surface area contributed by atoms with E-state index in [0.29, 0.717) is 6.42 Å². The van der Waals surface area contributed by atoms with Gasteiger partial charge in [-0.2, -0.15) is 6.16 Å². The number of benzene rings is 1. The van der Waals surface area contributed by atoms with Crippen molar-refractivity contribution in [3.05, 3.63) is 34.4 Å². The van der Waals surface area contributed by atoms with Gasteiger partial charge in [0.15, 0.2) is 5.78 Å². The summed E-state index contributed by atoms with van der Waals surface area (Å²) in [7, 11) is 3.43. The topological polar surface area (TPSA) is 17.1 Å². The minimum atomic E-state index is 0.287. The number of Topliss-reactive ketones (excluding diaryl/α,β-unsaturated/α-hetero) is 1. The lowest BCUT2D eigenvalue weighted by Gasteiger charge is -2.10. The average molecular weight is 235 g/mol. The molecule has 0 bridgehead atoms. The SMILES string of the molecule is Cc1cc(C)c(C(=O)CCCC[PH-])c(C)c1. The molecule has 16 heavy (non-hydrogen) atoms. The molecule has 0 aliphatic rings. The van der Waals surface area contributed by atoms with E-state index in [9.17, 15) is 4.79 Å². The van der Waals surface area contributed by atoms with E-state index in [-0.39, 0.29) is 5.78 Å². The van der Waals surface area contributed by atoms with Crippen molar-refractivity contribution in [1.29, 1.82) is 0 Å². The van der Waals surface area contributed by atoms with Gasteiger partial charge in [0.2, 0.25) is 0 Å². The zero-order chi connectivity index (χ0) is 12.1. The van der Waals surface area contributed by atoms with Crippen LogP contribution >= 0.6 is 9.24 Å². The summed E-state index contributed by atoms with van der Waals surface area (Å²) in [6, 6.07) is 4.18. The molecular weight excluding hydrogens is 215 g/mol. The average Bonchev–Trinajstić information content (AvgIpc) is 2.16. The third-order valence-electron chi connectivity index (χ3n) is 2.79. The summed E-state index contributed by atoms with van der Waals surface area (Å²) in [6.07, 6.45) is 3.66. The van der Waals surface area contributed by atoms with E-state index < -0.39 is 0 Å². The Morgan fingerprint density at radius 3 is 2.19 bits per heavy atom. The first-order valence-corrected chi connectivity index (χ1v) is 6.52. The Morgan fingerprint density at radius 1 is 1.12 bits per heavy atom. The highest BCUT2D eigenvalue weighted by molar-refractivity contribution is 7.16. The molecule has 0 radical (unpaired) electrons. The molecule has 1 aromatic carbocycles. The Kier molecular flexibility index (Phi) is 5.15. The largest absolute Gasteiger partial charge is 0.558 e. The molecule has 0 saturated heterocycles. The maximum absolute atomic E-state index is 12.1. The second kappa shape index (κ2) is 6.15. The Morgan fingerprint density at radius 2 is 1.69 bits per heavy atom. The van der Waals surface area contributed by atoms with Gasteiger partial charge in [-0.25, -0.2) is 0 Å². The molecule has 0 aromatic heterocycles. The summed E-state index contributed by atoms with van der Waals surface area (Å²) >= 11 is 0. The number of rotatable bonds is 5. The molecule has 0 heterocycles. The smallest absolute Gasteiger partial charge is 0.163 e. The first kappa shape index (κ1) is 13.4. The first-order valence-electron chi connectivity index (χ1n) is 5.82. The highest BCUT2D eigenvalue weighted by Gasteiger charge is 2.11. The number of aryl methyl sites for hydroxylation is 3. The van der Waals surface area contributed by atoms with Crippen molar-refractivity contribution in [3.63, 3.8) is 0 Å². The molecular formula is C14H20OP-. The summed E-state index contributed by atoms with van der Waals surface area (Å²) in [5.41, 5.74) is 4.38. The van der Waals surface area contributed by atoms with Crippen molar-refractivity contribution in [2.75, 3.05) is 6.16 Å². The van der Waals surface area contributed by atoms with Crippen molar-refractivity contribution in [2.45, 2.75) is 40.0 Å². The van der Waals surface area contributed by atoms with Gasteiger partial charge in [0.1, 0.15) is 0 Å². The van der Waals surface area contributed by atoms with Gasteiger partial charge in [-0.3, -0.25) is 4.79 Å². The highest BCUT2D eigenvalue weighted by atomic mass is 31.0. The quantitative estimate of drug-likeness (QED) is 0.426. The summed E-state index contributed by atoms with van der Waals surface area (Å²) in [6.45, 7) is 6.12. The number of hydrogen-bond donors (Lipinski definition) is 0. The van der Waals surface area contributed by atoms with E-state index in [1.54, 1.807) is 0 Å². The Hall–Kier alpha value is -0.680. The van der Waals surface area contributed by atoms with Crippen LogP contribution in [0.5, 0.6) is 0 Å². The third kappa shape index (κ3) is 3.42. The number of ketones is 1. The van der Waals surface area contributed by atoms with Crippen molar-refractivity contribution >= 4 is 15.0 Å². The molecule has 0 aliphatic carbocycles. The predicted molar refractivity (Wildman–Crippen MR) is 72.0 cm³/mol. The van der Waals surface area contributed by atoms with Crippen LogP contribution in [-0.2, 0) is 0 Å². The van der Waals surface area contributed by atoms with Crippen molar-refractivity contribution in [1.82, 2.24) is 0 Å². The minimum Gasteiger partial charge on any atom is -0.558 e. The Balaban J connectivity index is 2.83. The molecule has 88 valence electrons. The standard InChI is InChI=1S/C14H20OP/c1-10-8-11(2)14(12(3)9-10)13(15)6-4-5-7-16/h8-9,16H,4-7H2,1-3H3/q-1. The van der Waals surface area contributed by atoms with E-state index >= 15 is 0 Å². The molecule has 2 heteroatoms. The van der Waals surface area contributed by atoms with Crippen molar-refractivity contribution in [2.24, 2.45) is 0 Å². The summed E-state index contributed by atoms with van der Waals surface area (Å²) in [5.74, 6) is 0.287. The molecule has 0 fully saturated rings. The van der Waals surface area contributed by atoms with Gasteiger partial charge in [0.05, 0.1) is 0 Å². The normalized spacial score (nSPS) is 10.5. The van der Waals surface area contributed by atoms with Crippen LogP contribution in [-0.4, -0.2) is 11.9 Å². The van der Waals surface area contributed by atoms with E-state index in [4.69, 9.17) is 0 Å². The number of carbonyl (C=O) groups excluding carboxylic acids is 1. The molecule has 0 unspecified atom stereocenters. The van der Waals surface area contributed by atoms with Crippen LogP contribution in [0.3, 0.4) is 0 Å². The van der Waals surface area contributed by atoms with Crippen molar-refractivity contribution < 1.29 is 4.79 Å². The van der Waals surface area contributed by atoms with E-state index in [2.05, 4.69) is 28.3 Å². The lowest BCUT2D eigenvalue weighted by atomic mass is 9.94. The molecule has 0 saturated carbocycles. The van der Waals surface area contributed by atoms with E-state index in [1.165, 1.54) is 5.56 Å². The summed E-state index contributed by atoms with van der Waals surface area (Å²) in [5, 5.41) is 0. The van der Waals surface area contributed by atoms with E-state index in [1.807, 2.05) is 13.8 Å². The Bertz CT molecular complexity index is 359. The minimum absolute atomic E-state index is 0.287. The second-order valence-corrected chi connectivity index (χ2v) is 4.90. The van der Waals surface area contributed by atoms with Crippen LogP contribution in [0.15, 0.2) is 12.1 Å². The zero-order valence-electron chi connectivity index (χ0n) is 10.4. The monoisotopic (exact) mass is 235 g/mol. The number of hydrogen-bond acceptors (Lipinski definition) is 1. The van der Waals surface area contributed by atoms with E-state index in [0.717, 1.165) is 35.7 Å². The maximum Gasteiger partial charge on any atom is 0.163 e. The molecule has 0 spiro atoms. The van der Waals surface area contributed by atoms with Crippen molar-refractivity contribution in [3.8, 4) is 0 Å². The molecule has 1 nitrogen and oxygen atoms in total. The predicted octanol–water partition coefficient (Wildman–Crippen LogP) is 4.11. The second-order valence-electron chi connectivity index (χ2n) is 4.40. The van der Waals surface area contributed by atoms with Crippen LogP contribution in [0.2, 0.25) is 0 Å². The van der Waals surface area contributed by atoms with Gasteiger partial charge in [0.25, 0.3) is 0 Å². The molecule has 1 aromatic rings. The molecule has 0 aliphatic heterocycles. The molecule has 0 atom stereocenters. The van der Waals surface area contributed by atoms with Gasteiger partial charge >= 0.3 is 0 Å².